The lowest BCUT2D eigenvalue weighted by Crippen LogP contribution is -2.36. The Morgan fingerprint density at radius 1 is 1.35 bits per heavy atom. The van der Waals surface area contributed by atoms with Crippen molar-refractivity contribution in [2.24, 2.45) is 5.73 Å². The summed E-state index contributed by atoms with van der Waals surface area (Å²) in [6.45, 7) is -0.763. The molecular formula is C10H10F2N2O5S. The molecule has 110 valence electrons. The van der Waals surface area contributed by atoms with Crippen molar-refractivity contribution < 1.29 is 31.9 Å². The number of nitrogens with zero attached hydrogens (tertiary/aromatic N) is 1. The van der Waals surface area contributed by atoms with Gasteiger partial charge in [0, 0.05) is 7.05 Å². The lowest BCUT2D eigenvalue weighted by atomic mass is 10.2. The Balaban J connectivity index is 3.45. The summed E-state index contributed by atoms with van der Waals surface area (Å²) >= 11 is 0. The molecule has 3 N–H and O–H groups in total. The zero-order chi connectivity index (χ0) is 15.7. The van der Waals surface area contributed by atoms with E-state index in [9.17, 15) is 26.8 Å². The Hall–Kier alpha value is -2.07. The second kappa shape index (κ2) is 5.51. The van der Waals surface area contributed by atoms with Crippen molar-refractivity contribution in [3.8, 4) is 0 Å². The molecule has 0 bridgehead atoms. The van der Waals surface area contributed by atoms with Gasteiger partial charge in [-0.2, -0.15) is 4.31 Å². The minimum absolute atomic E-state index is 0.352. The van der Waals surface area contributed by atoms with Gasteiger partial charge in [0.05, 0.1) is 12.1 Å². The SMILES string of the molecule is CN(CC(N)=O)S(=O)(=O)c1cc(C(=O)O)cc(F)c1F. The minimum atomic E-state index is -4.59. The van der Waals surface area contributed by atoms with Gasteiger partial charge < -0.3 is 10.8 Å². The van der Waals surface area contributed by atoms with Gasteiger partial charge >= 0.3 is 5.97 Å². The van der Waals surface area contributed by atoms with E-state index in [1.54, 1.807) is 0 Å². The second-order valence-electron chi connectivity index (χ2n) is 3.80. The van der Waals surface area contributed by atoms with E-state index >= 15 is 0 Å². The molecule has 0 atom stereocenters. The summed E-state index contributed by atoms with van der Waals surface area (Å²) < 4.78 is 51.0. The highest BCUT2D eigenvalue weighted by molar-refractivity contribution is 7.89. The number of likely N-dealkylation sites (N-methyl/N-ethyl adjacent to an activating group) is 1. The number of carboxylic acid groups (broad SMARTS) is 1. The van der Waals surface area contributed by atoms with E-state index in [0.29, 0.717) is 16.4 Å². The van der Waals surface area contributed by atoms with Crippen LogP contribution in [-0.2, 0) is 14.8 Å². The van der Waals surface area contributed by atoms with Crippen molar-refractivity contribution in [2.45, 2.75) is 4.90 Å². The van der Waals surface area contributed by atoms with Gasteiger partial charge in [0.2, 0.25) is 15.9 Å². The van der Waals surface area contributed by atoms with Crippen molar-refractivity contribution in [2.75, 3.05) is 13.6 Å². The molecule has 0 aromatic heterocycles. The predicted molar refractivity (Wildman–Crippen MR) is 62.3 cm³/mol. The number of benzene rings is 1. The highest BCUT2D eigenvalue weighted by Gasteiger charge is 2.29. The summed E-state index contributed by atoms with van der Waals surface area (Å²) in [4.78, 5) is 20.2. The van der Waals surface area contributed by atoms with Gasteiger partial charge in [0.25, 0.3) is 0 Å². The zero-order valence-electron chi connectivity index (χ0n) is 10.1. The van der Waals surface area contributed by atoms with E-state index in [1.165, 1.54) is 0 Å². The van der Waals surface area contributed by atoms with Crippen molar-refractivity contribution in [3.63, 3.8) is 0 Å². The number of hydrogen-bond donors (Lipinski definition) is 2. The van der Waals surface area contributed by atoms with Crippen LogP contribution in [0.2, 0.25) is 0 Å². The van der Waals surface area contributed by atoms with Gasteiger partial charge in [-0.3, -0.25) is 4.79 Å². The Kier molecular flexibility index (Phi) is 4.40. The zero-order valence-corrected chi connectivity index (χ0v) is 10.9. The molecule has 0 aliphatic rings. The fraction of sp³-hybridized carbons (Fsp3) is 0.200. The van der Waals surface area contributed by atoms with Gasteiger partial charge in [0.1, 0.15) is 4.90 Å². The molecule has 7 nitrogen and oxygen atoms in total. The maximum atomic E-state index is 13.5. The van der Waals surface area contributed by atoms with Gasteiger partial charge in [-0.05, 0) is 12.1 Å². The van der Waals surface area contributed by atoms with Crippen molar-refractivity contribution >= 4 is 21.9 Å². The summed E-state index contributed by atoms with van der Waals surface area (Å²) in [6.07, 6.45) is 0. The van der Waals surface area contributed by atoms with Crippen LogP contribution >= 0.6 is 0 Å². The maximum absolute atomic E-state index is 13.5. The Labute approximate surface area is 112 Å². The summed E-state index contributed by atoms with van der Waals surface area (Å²) in [7, 11) is -3.67. The van der Waals surface area contributed by atoms with Crippen LogP contribution in [0.1, 0.15) is 10.4 Å². The Morgan fingerprint density at radius 3 is 2.35 bits per heavy atom. The third kappa shape index (κ3) is 3.08. The topological polar surface area (TPSA) is 118 Å². The van der Waals surface area contributed by atoms with E-state index < -0.39 is 50.5 Å². The highest BCUT2D eigenvalue weighted by Crippen LogP contribution is 2.22. The lowest BCUT2D eigenvalue weighted by Gasteiger charge is -2.16. The van der Waals surface area contributed by atoms with E-state index in [0.717, 1.165) is 7.05 Å². The standard InChI is InChI=1S/C10H10F2N2O5S/c1-14(4-8(13)15)20(18,19)7-3-5(10(16)17)2-6(11)9(7)12/h2-3H,4H2,1H3,(H2,13,15)(H,16,17). The van der Waals surface area contributed by atoms with Gasteiger partial charge in [0.15, 0.2) is 11.6 Å². The molecule has 0 spiro atoms. The molecule has 1 amide bonds. The van der Waals surface area contributed by atoms with Crippen LogP contribution in [0.25, 0.3) is 0 Å². The van der Waals surface area contributed by atoms with Crippen LogP contribution in [0.4, 0.5) is 8.78 Å². The van der Waals surface area contributed by atoms with Crippen LogP contribution in [0, 0.1) is 11.6 Å². The first-order valence-electron chi connectivity index (χ1n) is 5.04. The van der Waals surface area contributed by atoms with E-state index in [4.69, 9.17) is 10.8 Å². The quantitative estimate of drug-likeness (QED) is 0.779. The minimum Gasteiger partial charge on any atom is -0.478 e. The average Bonchev–Trinajstić information content (AvgIpc) is 2.30. The molecule has 1 rings (SSSR count). The number of carbonyl (C=O) groups is 2. The van der Waals surface area contributed by atoms with Crippen molar-refractivity contribution in [1.82, 2.24) is 4.31 Å². The molecule has 0 aliphatic carbocycles. The third-order valence-electron chi connectivity index (χ3n) is 2.31. The van der Waals surface area contributed by atoms with Gasteiger partial charge in [-0.25, -0.2) is 22.0 Å². The molecule has 1 aromatic rings. The first-order valence-corrected chi connectivity index (χ1v) is 6.48. The smallest absolute Gasteiger partial charge is 0.335 e. The number of sulfonamides is 1. The monoisotopic (exact) mass is 308 g/mol. The van der Waals surface area contributed by atoms with Crippen LogP contribution in [0.15, 0.2) is 17.0 Å². The van der Waals surface area contributed by atoms with Crippen LogP contribution in [-0.4, -0.2) is 43.3 Å². The Bertz CT molecular complexity index is 674. The summed E-state index contributed by atoms with van der Waals surface area (Å²) in [5.41, 5.74) is 4.07. The molecule has 10 heteroatoms. The first-order chi connectivity index (χ1) is 9.07. The highest BCUT2D eigenvalue weighted by atomic mass is 32.2. The normalized spacial score (nSPS) is 11.6. The van der Waals surface area contributed by atoms with Crippen LogP contribution in [0.3, 0.4) is 0 Å². The predicted octanol–water partition coefficient (Wildman–Crippen LogP) is -0.231. The van der Waals surface area contributed by atoms with E-state index in [1.807, 2.05) is 0 Å². The summed E-state index contributed by atoms with van der Waals surface area (Å²) in [6, 6.07) is 0.818. The molecule has 0 saturated carbocycles. The molecule has 0 unspecified atom stereocenters. The lowest BCUT2D eigenvalue weighted by molar-refractivity contribution is -0.118. The number of primary amides is 1. The van der Waals surface area contributed by atoms with Crippen molar-refractivity contribution in [1.29, 1.82) is 0 Å². The number of hydrogen-bond acceptors (Lipinski definition) is 4. The van der Waals surface area contributed by atoms with Crippen molar-refractivity contribution in [3.05, 3.63) is 29.3 Å². The first kappa shape index (κ1) is 16.0. The average molecular weight is 308 g/mol. The number of amides is 1. The third-order valence-corrected chi connectivity index (χ3v) is 4.11. The number of aromatic carboxylic acids is 1. The van der Waals surface area contributed by atoms with Crippen LogP contribution < -0.4 is 5.73 Å². The molecule has 0 aliphatic heterocycles. The maximum Gasteiger partial charge on any atom is 0.335 e. The second-order valence-corrected chi connectivity index (χ2v) is 5.82. The molecule has 0 heterocycles. The largest absolute Gasteiger partial charge is 0.478 e. The summed E-state index contributed by atoms with van der Waals surface area (Å²) in [5.74, 6) is -5.99. The number of carboxylic acids is 1. The van der Waals surface area contributed by atoms with E-state index in [-0.39, 0.29) is 0 Å². The number of halogens is 2. The molecule has 0 radical (unpaired) electrons. The molecule has 0 saturated heterocycles. The number of rotatable bonds is 5. The molecule has 20 heavy (non-hydrogen) atoms. The van der Waals surface area contributed by atoms with Gasteiger partial charge in [-0.15, -0.1) is 0 Å². The van der Waals surface area contributed by atoms with E-state index in [2.05, 4.69) is 0 Å². The number of nitrogens with two attached hydrogens (primary N) is 1. The molecule has 1 aromatic carbocycles. The fourth-order valence-electron chi connectivity index (χ4n) is 1.35. The fourth-order valence-corrected chi connectivity index (χ4v) is 2.58. The van der Waals surface area contributed by atoms with Gasteiger partial charge in [-0.1, -0.05) is 0 Å². The van der Waals surface area contributed by atoms with Crippen LogP contribution in [0.5, 0.6) is 0 Å². The molecular weight excluding hydrogens is 298 g/mol. The molecule has 0 fully saturated rings. The summed E-state index contributed by atoms with van der Waals surface area (Å²) in [5, 5.41) is 8.70. The number of carbonyl (C=O) groups excluding carboxylic acids is 1. The Morgan fingerprint density at radius 2 is 1.90 bits per heavy atom.